The van der Waals surface area contributed by atoms with E-state index >= 15 is 0 Å². The topological polar surface area (TPSA) is 87.3 Å². The van der Waals surface area contributed by atoms with Crippen molar-refractivity contribution in [1.82, 2.24) is 0 Å². The first-order valence-corrected chi connectivity index (χ1v) is 11.3. The highest BCUT2D eigenvalue weighted by atomic mass is 16.6. The van der Waals surface area contributed by atoms with Gasteiger partial charge < -0.3 is 18.6 Å². The minimum absolute atomic E-state index is 0.0627. The van der Waals surface area contributed by atoms with Crippen LogP contribution in [0.1, 0.15) is 48.6 Å². The molecule has 176 valence electrons. The van der Waals surface area contributed by atoms with E-state index in [1.807, 2.05) is 60.7 Å². The summed E-state index contributed by atoms with van der Waals surface area (Å²) in [5.41, 5.74) is -0.226. The molecule has 0 fully saturated rings. The van der Waals surface area contributed by atoms with Crippen molar-refractivity contribution in [2.75, 3.05) is 13.2 Å². The van der Waals surface area contributed by atoms with E-state index in [1.54, 1.807) is 32.9 Å². The van der Waals surface area contributed by atoms with Gasteiger partial charge in [0.2, 0.25) is 6.23 Å². The molecule has 0 saturated heterocycles. The van der Waals surface area contributed by atoms with E-state index in [9.17, 15) is 9.59 Å². The van der Waals surface area contributed by atoms with Gasteiger partial charge in [0.05, 0.1) is 24.8 Å². The molecule has 0 saturated carbocycles. The number of esters is 2. The van der Waals surface area contributed by atoms with E-state index in [2.05, 4.69) is 0 Å². The lowest BCUT2D eigenvalue weighted by molar-refractivity contribution is -0.203. The quantitative estimate of drug-likeness (QED) is 0.373. The third-order valence-electron chi connectivity index (χ3n) is 5.60. The minimum Gasteiger partial charge on any atom is -0.463 e. The molecule has 7 heteroatoms. The summed E-state index contributed by atoms with van der Waals surface area (Å²) in [6.45, 7) is 5.28. The van der Waals surface area contributed by atoms with Crippen LogP contribution >= 0.6 is 0 Å². The maximum Gasteiger partial charge on any atom is 0.351 e. The maximum absolute atomic E-state index is 13.6. The van der Waals surface area contributed by atoms with Crippen molar-refractivity contribution in [3.05, 3.63) is 95.4 Å². The van der Waals surface area contributed by atoms with Crippen molar-refractivity contribution in [3.8, 4) is 0 Å². The van der Waals surface area contributed by atoms with Crippen LogP contribution in [-0.2, 0) is 23.8 Å². The highest BCUT2D eigenvalue weighted by Crippen LogP contribution is 2.45. The summed E-state index contributed by atoms with van der Waals surface area (Å²) in [6.07, 6.45) is -1.06. The lowest BCUT2D eigenvalue weighted by Gasteiger charge is -2.41. The maximum atomic E-state index is 13.6. The monoisotopic (exact) mass is 461 g/mol. The Morgan fingerprint density at radius 3 is 2.00 bits per heavy atom. The predicted octanol–water partition coefficient (Wildman–Crippen LogP) is 4.75. The van der Waals surface area contributed by atoms with Gasteiger partial charge >= 0.3 is 11.9 Å². The zero-order valence-electron chi connectivity index (χ0n) is 19.4. The van der Waals surface area contributed by atoms with Gasteiger partial charge in [0.1, 0.15) is 5.76 Å². The molecule has 2 atom stereocenters. The van der Waals surface area contributed by atoms with E-state index < -0.39 is 29.7 Å². The van der Waals surface area contributed by atoms with Gasteiger partial charge in [0.15, 0.2) is 5.76 Å². The van der Waals surface area contributed by atoms with Crippen LogP contribution in [0.25, 0.3) is 0 Å². The third kappa shape index (κ3) is 4.26. The second kappa shape index (κ2) is 10.1. The number of nitrogens with zero attached hydrogens (tertiary/aromatic N) is 1. The number of hydrogen-bond donors (Lipinski definition) is 0. The summed E-state index contributed by atoms with van der Waals surface area (Å²) >= 11 is 0. The Hall–Kier alpha value is -3.71. The molecule has 1 aliphatic rings. The number of carbonyl (C=O) groups is 2. The fourth-order valence-corrected chi connectivity index (χ4v) is 4.15. The Balaban J connectivity index is 2.02. The molecule has 34 heavy (non-hydrogen) atoms. The van der Waals surface area contributed by atoms with Gasteiger partial charge in [0, 0.05) is 0 Å². The average Bonchev–Trinajstić information content (AvgIpc) is 3.30. The van der Waals surface area contributed by atoms with Crippen LogP contribution in [0.3, 0.4) is 0 Å². The Kier molecular flexibility index (Phi) is 6.93. The number of benzene rings is 2. The first kappa shape index (κ1) is 23.4. The molecule has 0 spiro atoms. The van der Waals surface area contributed by atoms with Crippen molar-refractivity contribution in [1.29, 1.82) is 0 Å². The largest absolute Gasteiger partial charge is 0.463 e. The van der Waals surface area contributed by atoms with Crippen LogP contribution in [-0.4, -0.2) is 36.5 Å². The Morgan fingerprint density at radius 1 is 0.882 bits per heavy atom. The van der Waals surface area contributed by atoms with Gasteiger partial charge in [-0.25, -0.2) is 14.6 Å². The second-order valence-corrected chi connectivity index (χ2v) is 7.82. The fraction of sp³-hybridized carbons (Fsp3) is 0.296. The first-order chi connectivity index (χ1) is 16.5. The first-order valence-electron chi connectivity index (χ1n) is 11.3. The molecule has 0 radical (unpaired) electrons. The molecular formula is C27H27NO6. The van der Waals surface area contributed by atoms with Crippen molar-refractivity contribution in [2.24, 2.45) is 4.99 Å². The van der Waals surface area contributed by atoms with Crippen molar-refractivity contribution < 1.29 is 28.2 Å². The van der Waals surface area contributed by atoms with Gasteiger partial charge in [-0.1, -0.05) is 60.7 Å². The minimum atomic E-state index is -2.13. The highest BCUT2D eigenvalue weighted by molar-refractivity contribution is 6.16. The summed E-state index contributed by atoms with van der Waals surface area (Å²) < 4.78 is 22.9. The van der Waals surface area contributed by atoms with Crippen LogP contribution in [0, 0.1) is 6.92 Å². The SMILES string of the molecule is CCOC(=O)C1(C(=O)OCC)O[C@@H](c2ccc(C)o2)N=C(c2ccccc2)[C@H]1c1ccccc1. The lowest BCUT2D eigenvalue weighted by atomic mass is 9.75. The van der Waals surface area contributed by atoms with Crippen LogP contribution in [0.2, 0.25) is 0 Å². The number of hydrogen-bond acceptors (Lipinski definition) is 7. The molecule has 2 aromatic carbocycles. The summed E-state index contributed by atoms with van der Waals surface area (Å²) in [5, 5.41) is 0. The summed E-state index contributed by atoms with van der Waals surface area (Å²) in [7, 11) is 0. The van der Waals surface area contributed by atoms with Crippen molar-refractivity contribution in [2.45, 2.75) is 38.5 Å². The average molecular weight is 462 g/mol. The molecule has 7 nitrogen and oxygen atoms in total. The molecule has 0 bridgehead atoms. The van der Waals surface area contributed by atoms with Crippen LogP contribution in [0.5, 0.6) is 0 Å². The normalized spacial score (nSPS) is 19.2. The van der Waals surface area contributed by atoms with E-state index in [0.717, 1.165) is 5.56 Å². The number of furan rings is 1. The van der Waals surface area contributed by atoms with E-state index in [-0.39, 0.29) is 13.2 Å². The molecule has 0 aliphatic carbocycles. The highest BCUT2D eigenvalue weighted by Gasteiger charge is 2.62. The van der Waals surface area contributed by atoms with Gasteiger partial charge in [-0.2, -0.15) is 0 Å². The summed E-state index contributed by atoms with van der Waals surface area (Å²) in [4.78, 5) is 32.1. The Bertz CT molecular complexity index is 1150. The molecule has 0 unspecified atom stereocenters. The van der Waals surface area contributed by atoms with E-state index in [1.165, 1.54) is 0 Å². The number of rotatable bonds is 7. The molecule has 0 N–H and O–H groups in total. The van der Waals surface area contributed by atoms with Crippen LogP contribution in [0.15, 0.2) is 82.2 Å². The lowest BCUT2D eigenvalue weighted by Crippen LogP contribution is -2.60. The number of aryl methyl sites for hydroxylation is 1. The van der Waals surface area contributed by atoms with Gasteiger partial charge in [-0.05, 0) is 44.0 Å². The van der Waals surface area contributed by atoms with Crippen LogP contribution in [0.4, 0.5) is 0 Å². The molecule has 1 aliphatic heterocycles. The molecule has 2 heterocycles. The Morgan fingerprint density at radius 2 is 1.47 bits per heavy atom. The molecule has 3 aromatic rings. The molecule has 4 rings (SSSR count). The summed E-state index contributed by atoms with van der Waals surface area (Å²) in [6, 6.07) is 22.1. The third-order valence-corrected chi connectivity index (χ3v) is 5.60. The molecule has 0 amide bonds. The Labute approximate surface area is 198 Å². The van der Waals surface area contributed by atoms with E-state index in [4.69, 9.17) is 23.6 Å². The zero-order chi connectivity index (χ0) is 24.1. The second-order valence-electron chi connectivity index (χ2n) is 7.82. The predicted molar refractivity (Wildman–Crippen MR) is 125 cm³/mol. The molecular weight excluding hydrogens is 434 g/mol. The summed E-state index contributed by atoms with van der Waals surface area (Å²) in [5.74, 6) is -1.56. The van der Waals surface area contributed by atoms with E-state index in [0.29, 0.717) is 22.8 Å². The standard InChI is InChI=1S/C27H27NO6/c1-4-31-25(29)27(26(30)32-5-2)22(19-12-8-6-9-13-19)23(20-14-10-7-11-15-20)28-24(34-27)21-17-16-18(3)33-21/h6-17,22,24H,4-5H2,1-3H3/t22-,24+/m1/s1. The number of aliphatic imine (C=N–C) groups is 1. The van der Waals surface area contributed by atoms with Gasteiger partial charge in [-0.15, -0.1) is 0 Å². The van der Waals surface area contributed by atoms with Gasteiger partial charge in [0.25, 0.3) is 5.60 Å². The van der Waals surface area contributed by atoms with Crippen molar-refractivity contribution >= 4 is 17.7 Å². The van der Waals surface area contributed by atoms with Gasteiger partial charge in [-0.3, -0.25) is 0 Å². The van der Waals surface area contributed by atoms with Crippen LogP contribution < -0.4 is 0 Å². The smallest absolute Gasteiger partial charge is 0.351 e. The number of ether oxygens (including phenoxy) is 3. The zero-order valence-corrected chi connectivity index (χ0v) is 19.4. The number of carbonyl (C=O) groups excluding carboxylic acids is 2. The fourth-order valence-electron chi connectivity index (χ4n) is 4.15. The molecule has 1 aromatic heterocycles. The van der Waals surface area contributed by atoms with Crippen molar-refractivity contribution in [3.63, 3.8) is 0 Å².